The van der Waals surface area contributed by atoms with E-state index in [0.29, 0.717) is 12.1 Å². The van der Waals surface area contributed by atoms with Crippen LogP contribution in [-0.2, 0) is 6.54 Å². The summed E-state index contributed by atoms with van der Waals surface area (Å²) in [6, 6.07) is 3.48. The van der Waals surface area contributed by atoms with E-state index in [1.807, 2.05) is 0 Å². The molecule has 3 heteroatoms. The molecule has 0 aliphatic heterocycles. The van der Waals surface area contributed by atoms with E-state index in [-0.39, 0.29) is 0 Å². The molecule has 1 fully saturated rings. The Labute approximate surface area is 109 Å². The van der Waals surface area contributed by atoms with Crippen LogP contribution in [0.15, 0.2) is 24.4 Å². The van der Waals surface area contributed by atoms with Gasteiger partial charge in [-0.15, -0.1) is 0 Å². The number of hydrogen-bond acceptors (Lipinski definition) is 2. The summed E-state index contributed by atoms with van der Waals surface area (Å²) in [5.74, 6) is 0. The van der Waals surface area contributed by atoms with Crippen molar-refractivity contribution in [2.75, 3.05) is 0 Å². The first-order chi connectivity index (χ1) is 8.92. The lowest BCUT2D eigenvalue weighted by molar-refractivity contribution is 0.446. The van der Waals surface area contributed by atoms with Crippen molar-refractivity contribution in [1.82, 2.24) is 15.1 Å². The Balaban J connectivity index is 1.51. The molecule has 18 heavy (non-hydrogen) atoms. The highest BCUT2D eigenvalue weighted by atomic mass is 15.3. The maximum Gasteiger partial charge on any atom is 0.0762 e. The molecule has 1 aromatic heterocycles. The van der Waals surface area contributed by atoms with Crippen molar-refractivity contribution in [2.24, 2.45) is 0 Å². The van der Waals surface area contributed by atoms with Crippen LogP contribution in [0.4, 0.5) is 0 Å². The molecule has 1 saturated carbocycles. The van der Waals surface area contributed by atoms with E-state index in [4.69, 9.17) is 5.10 Å². The summed E-state index contributed by atoms with van der Waals surface area (Å²) in [4.78, 5) is 0. The molecule has 0 amide bonds. The van der Waals surface area contributed by atoms with Gasteiger partial charge in [0, 0.05) is 18.8 Å². The fraction of sp³-hybridized carbons (Fsp3) is 0.667. The fourth-order valence-corrected chi connectivity index (χ4v) is 3.07. The van der Waals surface area contributed by atoms with E-state index in [0.717, 1.165) is 6.54 Å². The van der Waals surface area contributed by atoms with Crippen LogP contribution in [0.1, 0.15) is 56.7 Å². The molecule has 3 rings (SSSR count). The minimum Gasteiger partial charge on any atom is -0.308 e. The van der Waals surface area contributed by atoms with Crippen LogP contribution in [0.5, 0.6) is 0 Å². The molecule has 0 bridgehead atoms. The predicted octanol–water partition coefficient (Wildman–Crippen LogP) is 3.20. The first kappa shape index (κ1) is 12.0. The van der Waals surface area contributed by atoms with Gasteiger partial charge in [0.05, 0.1) is 11.7 Å². The van der Waals surface area contributed by atoms with Crippen molar-refractivity contribution in [3.8, 4) is 0 Å². The van der Waals surface area contributed by atoms with Crippen molar-refractivity contribution >= 4 is 0 Å². The Morgan fingerprint density at radius 2 is 2.11 bits per heavy atom. The Hall–Kier alpha value is -1.09. The van der Waals surface area contributed by atoms with Gasteiger partial charge in [0.1, 0.15) is 0 Å². The zero-order valence-corrected chi connectivity index (χ0v) is 11.0. The quantitative estimate of drug-likeness (QED) is 0.826. The maximum absolute atomic E-state index is 4.71. The average molecular weight is 245 g/mol. The summed E-state index contributed by atoms with van der Waals surface area (Å²) >= 11 is 0. The lowest BCUT2D eigenvalue weighted by atomic mass is 10.0. The monoisotopic (exact) mass is 245 g/mol. The molecule has 2 aliphatic rings. The second kappa shape index (κ2) is 5.70. The Morgan fingerprint density at radius 1 is 1.22 bits per heavy atom. The van der Waals surface area contributed by atoms with Crippen LogP contribution >= 0.6 is 0 Å². The van der Waals surface area contributed by atoms with Gasteiger partial charge in [-0.3, -0.25) is 4.68 Å². The first-order valence-corrected chi connectivity index (χ1v) is 7.34. The van der Waals surface area contributed by atoms with E-state index < -0.39 is 0 Å². The van der Waals surface area contributed by atoms with Gasteiger partial charge >= 0.3 is 0 Å². The molecule has 0 radical (unpaired) electrons. The number of nitrogens with zero attached hydrogens (tertiary/aromatic N) is 2. The van der Waals surface area contributed by atoms with E-state index >= 15 is 0 Å². The molecular formula is C15H23N3. The standard InChI is InChI=1S/C15H23N3/c1-2-6-13(7-3-1)16-12-14-10-11-18(17-14)15-8-4-5-9-15/h1-2,10-11,13,15-16H,3-9,12H2. The Morgan fingerprint density at radius 3 is 2.89 bits per heavy atom. The van der Waals surface area contributed by atoms with Crippen molar-refractivity contribution in [3.05, 3.63) is 30.1 Å². The number of allylic oxidation sites excluding steroid dienone is 1. The molecular weight excluding hydrogens is 222 g/mol. The van der Waals surface area contributed by atoms with Crippen molar-refractivity contribution in [1.29, 1.82) is 0 Å². The maximum atomic E-state index is 4.71. The van der Waals surface area contributed by atoms with E-state index in [2.05, 4.69) is 34.4 Å². The zero-order chi connectivity index (χ0) is 12.2. The Kier molecular flexibility index (Phi) is 3.79. The predicted molar refractivity (Wildman–Crippen MR) is 73.4 cm³/mol. The summed E-state index contributed by atoms with van der Waals surface area (Å²) in [7, 11) is 0. The molecule has 0 aromatic carbocycles. The molecule has 1 unspecified atom stereocenters. The third kappa shape index (κ3) is 2.83. The largest absolute Gasteiger partial charge is 0.308 e. The fourth-order valence-electron chi connectivity index (χ4n) is 3.07. The molecule has 1 N–H and O–H groups in total. The molecule has 2 aliphatic carbocycles. The number of hydrogen-bond donors (Lipinski definition) is 1. The summed E-state index contributed by atoms with van der Waals surface area (Å²) in [5, 5.41) is 8.33. The normalized spacial score (nSPS) is 24.8. The van der Waals surface area contributed by atoms with Gasteiger partial charge in [0.15, 0.2) is 0 Å². The van der Waals surface area contributed by atoms with Crippen molar-refractivity contribution in [3.63, 3.8) is 0 Å². The Bertz CT molecular complexity index is 402. The topological polar surface area (TPSA) is 29.9 Å². The third-order valence-corrected chi connectivity index (χ3v) is 4.20. The summed E-state index contributed by atoms with van der Waals surface area (Å²) in [6.07, 6.45) is 15.7. The van der Waals surface area contributed by atoms with Gasteiger partial charge in [0.25, 0.3) is 0 Å². The van der Waals surface area contributed by atoms with E-state index in [1.54, 1.807) is 0 Å². The minimum atomic E-state index is 0.645. The lowest BCUT2D eigenvalue weighted by Crippen LogP contribution is -2.29. The van der Waals surface area contributed by atoms with Gasteiger partial charge < -0.3 is 5.32 Å². The number of aromatic nitrogens is 2. The summed E-state index contributed by atoms with van der Waals surface area (Å²) < 4.78 is 2.19. The van der Waals surface area contributed by atoms with Crippen LogP contribution in [0.25, 0.3) is 0 Å². The van der Waals surface area contributed by atoms with Gasteiger partial charge in [-0.25, -0.2) is 0 Å². The molecule has 98 valence electrons. The first-order valence-electron chi connectivity index (χ1n) is 7.34. The summed E-state index contributed by atoms with van der Waals surface area (Å²) in [5.41, 5.74) is 1.19. The average Bonchev–Trinajstić information content (AvgIpc) is 3.08. The third-order valence-electron chi connectivity index (χ3n) is 4.20. The molecule has 0 saturated heterocycles. The smallest absolute Gasteiger partial charge is 0.0762 e. The molecule has 1 aromatic rings. The summed E-state index contributed by atoms with van der Waals surface area (Å²) in [6.45, 7) is 0.915. The van der Waals surface area contributed by atoms with Gasteiger partial charge in [-0.05, 0) is 38.2 Å². The van der Waals surface area contributed by atoms with Crippen molar-refractivity contribution in [2.45, 2.75) is 63.6 Å². The highest BCUT2D eigenvalue weighted by Gasteiger charge is 2.17. The van der Waals surface area contributed by atoms with Crippen LogP contribution in [0.2, 0.25) is 0 Å². The second-order valence-corrected chi connectivity index (χ2v) is 5.59. The number of rotatable bonds is 4. The van der Waals surface area contributed by atoms with Crippen molar-refractivity contribution < 1.29 is 0 Å². The van der Waals surface area contributed by atoms with Gasteiger partial charge in [-0.1, -0.05) is 25.0 Å². The van der Waals surface area contributed by atoms with Gasteiger partial charge in [-0.2, -0.15) is 5.10 Å². The molecule has 1 atom stereocenters. The highest BCUT2D eigenvalue weighted by molar-refractivity contribution is 5.01. The van der Waals surface area contributed by atoms with E-state index in [9.17, 15) is 0 Å². The van der Waals surface area contributed by atoms with Crippen LogP contribution < -0.4 is 5.32 Å². The highest BCUT2D eigenvalue weighted by Crippen LogP contribution is 2.28. The molecule has 3 nitrogen and oxygen atoms in total. The SMILES string of the molecule is C1=CCC(NCc2ccn(C3CCCC3)n2)CC1. The minimum absolute atomic E-state index is 0.645. The van der Waals surface area contributed by atoms with Crippen LogP contribution in [-0.4, -0.2) is 15.8 Å². The second-order valence-electron chi connectivity index (χ2n) is 5.59. The number of nitrogens with one attached hydrogen (secondary N) is 1. The van der Waals surface area contributed by atoms with Crippen LogP contribution in [0.3, 0.4) is 0 Å². The zero-order valence-electron chi connectivity index (χ0n) is 11.0. The van der Waals surface area contributed by atoms with E-state index in [1.165, 1.54) is 50.6 Å². The van der Waals surface area contributed by atoms with Gasteiger partial charge in [0.2, 0.25) is 0 Å². The molecule has 1 heterocycles. The van der Waals surface area contributed by atoms with Crippen LogP contribution in [0, 0.1) is 0 Å². The molecule has 0 spiro atoms. The lowest BCUT2D eigenvalue weighted by Gasteiger charge is -2.18.